The molecule has 0 aromatic heterocycles. The molecule has 4 heteroatoms. The summed E-state index contributed by atoms with van der Waals surface area (Å²) in [4.78, 5) is 13.4. The first-order valence-electron chi connectivity index (χ1n) is 10.3. The molecule has 0 fully saturated rings. The van der Waals surface area contributed by atoms with Crippen LogP contribution >= 0.6 is 0 Å². The van der Waals surface area contributed by atoms with Gasteiger partial charge in [0.2, 0.25) is 0 Å². The fourth-order valence-corrected chi connectivity index (χ4v) is 4.51. The first-order chi connectivity index (χ1) is 14.6. The number of rotatable bonds is 2. The standard InChI is InChI=1S/C26H23FN2O/c1-16-10-12-17(13-11-16)18-14-23-25(24(30)15-18)26(19-6-2-3-7-20(19)27)29-22-9-5-4-8-21(22)28-23/h2-13,18,26,28-29H,14-15H2,1H3/t18-,26+/m0/s1. The van der Waals surface area contributed by atoms with Crippen molar-refractivity contribution in [3.8, 4) is 0 Å². The Labute approximate surface area is 175 Å². The monoisotopic (exact) mass is 398 g/mol. The Hall–Kier alpha value is -3.40. The van der Waals surface area contributed by atoms with E-state index >= 15 is 0 Å². The number of aryl methyl sites for hydroxylation is 1. The quantitative estimate of drug-likeness (QED) is 0.547. The first-order valence-corrected chi connectivity index (χ1v) is 10.3. The van der Waals surface area contributed by atoms with Crippen molar-refractivity contribution in [1.82, 2.24) is 0 Å². The van der Waals surface area contributed by atoms with Gasteiger partial charge in [0.25, 0.3) is 0 Å². The van der Waals surface area contributed by atoms with Gasteiger partial charge in [-0.2, -0.15) is 0 Å². The molecule has 1 aliphatic carbocycles. The van der Waals surface area contributed by atoms with Crippen molar-refractivity contribution in [2.24, 2.45) is 0 Å². The number of carbonyl (C=O) groups is 1. The minimum Gasteiger partial charge on any atom is -0.372 e. The highest BCUT2D eigenvalue weighted by Crippen LogP contribution is 2.44. The smallest absolute Gasteiger partial charge is 0.163 e. The van der Waals surface area contributed by atoms with Gasteiger partial charge in [0.1, 0.15) is 5.82 Å². The molecule has 1 heterocycles. The second kappa shape index (κ2) is 7.45. The number of Topliss-reactive ketones (excluding diaryl/α,β-unsaturated/α-hetero) is 1. The van der Waals surface area contributed by atoms with Crippen molar-refractivity contribution in [3.05, 3.63) is 107 Å². The maximum Gasteiger partial charge on any atom is 0.163 e. The molecule has 0 saturated carbocycles. The van der Waals surface area contributed by atoms with Gasteiger partial charge in [-0.15, -0.1) is 0 Å². The van der Waals surface area contributed by atoms with Gasteiger partial charge in [-0.1, -0.05) is 60.2 Å². The van der Waals surface area contributed by atoms with Gasteiger partial charge < -0.3 is 10.6 Å². The molecule has 3 nitrogen and oxygen atoms in total. The van der Waals surface area contributed by atoms with E-state index in [4.69, 9.17) is 0 Å². The molecule has 5 rings (SSSR count). The number of fused-ring (bicyclic) bond motifs is 1. The number of para-hydroxylation sites is 2. The highest BCUT2D eigenvalue weighted by atomic mass is 19.1. The molecule has 0 amide bonds. The lowest BCUT2D eigenvalue weighted by Crippen LogP contribution is -2.27. The molecular formula is C26H23FN2O. The Morgan fingerprint density at radius 1 is 0.867 bits per heavy atom. The second-order valence-corrected chi connectivity index (χ2v) is 8.10. The summed E-state index contributed by atoms with van der Waals surface area (Å²) >= 11 is 0. The van der Waals surface area contributed by atoms with Crippen LogP contribution in [0.2, 0.25) is 0 Å². The van der Waals surface area contributed by atoms with E-state index < -0.39 is 6.04 Å². The maximum atomic E-state index is 14.8. The van der Waals surface area contributed by atoms with Crippen LogP contribution in [-0.2, 0) is 4.79 Å². The molecule has 2 aliphatic rings. The SMILES string of the molecule is Cc1ccc([C@@H]2CC(=O)C3=C(C2)Nc2ccccc2N[C@@H]3c2ccccc2F)cc1. The van der Waals surface area contributed by atoms with Gasteiger partial charge in [-0.3, -0.25) is 4.79 Å². The average molecular weight is 398 g/mol. The van der Waals surface area contributed by atoms with Crippen LogP contribution in [0.25, 0.3) is 0 Å². The van der Waals surface area contributed by atoms with E-state index in [1.165, 1.54) is 11.6 Å². The highest BCUT2D eigenvalue weighted by Gasteiger charge is 2.36. The Balaban J connectivity index is 1.62. The van der Waals surface area contributed by atoms with Gasteiger partial charge in [0.05, 0.1) is 17.4 Å². The van der Waals surface area contributed by atoms with Crippen LogP contribution in [0.15, 0.2) is 84.1 Å². The lowest BCUT2D eigenvalue weighted by atomic mass is 9.78. The molecule has 2 atom stereocenters. The molecule has 30 heavy (non-hydrogen) atoms. The summed E-state index contributed by atoms with van der Waals surface area (Å²) in [7, 11) is 0. The van der Waals surface area contributed by atoms with Crippen molar-refractivity contribution in [2.45, 2.75) is 31.7 Å². The number of hydrogen-bond acceptors (Lipinski definition) is 3. The first kappa shape index (κ1) is 18.6. The largest absolute Gasteiger partial charge is 0.372 e. The summed E-state index contributed by atoms with van der Waals surface area (Å²) in [6.07, 6.45) is 1.14. The molecule has 3 aromatic rings. The third-order valence-electron chi connectivity index (χ3n) is 6.07. The van der Waals surface area contributed by atoms with Crippen molar-refractivity contribution in [3.63, 3.8) is 0 Å². The Morgan fingerprint density at radius 2 is 1.57 bits per heavy atom. The van der Waals surface area contributed by atoms with Crippen LogP contribution in [0, 0.1) is 12.7 Å². The number of carbonyl (C=O) groups excluding carboxylic acids is 1. The predicted molar refractivity (Wildman–Crippen MR) is 118 cm³/mol. The fourth-order valence-electron chi connectivity index (χ4n) is 4.51. The van der Waals surface area contributed by atoms with E-state index in [9.17, 15) is 9.18 Å². The third kappa shape index (κ3) is 3.28. The van der Waals surface area contributed by atoms with Crippen molar-refractivity contribution < 1.29 is 9.18 Å². The summed E-state index contributed by atoms with van der Waals surface area (Å²) in [5.74, 6) is -0.145. The normalized spacial score (nSPS) is 20.5. The van der Waals surface area contributed by atoms with E-state index in [1.54, 1.807) is 12.1 Å². The molecule has 3 aromatic carbocycles. The molecule has 0 spiro atoms. The van der Waals surface area contributed by atoms with Crippen molar-refractivity contribution in [1.29, 1.82) is 0 Å². The van der Waals surface area contributed by atoms with E-state index in [0.717, 1.165) is 22.6 Å². The van der Waals surface area contributed by atoms with Crippen LogP contribution in [0.5, 0.6) is 0 Å². The Kier molecular flexibility index (Phi) is 4.62. The van der Waals surface area contributed by atoms with Gasteiger partial charge in [-0.25, -0.2) is 4.39 Å². The minimum absolute atomic E-state index is 0.0582. The zero-order chi connectivity index (χ0) is 20.7. The third-order valence-corrected chi connectivity index (χ3v) is 6.07. The van der Waals surface area contributed by atoms with Crippen LogP contribution in [0.3, 0.4) is 0 Å². The molecule has 2 N–H and O–H groups in total. The zero-order valence-electron chi connectivity index (χ0n) is 16.8. The molecule has 1 aliphatic heterocycles. The number of nitrogens with one attached hydrogen (secondary N) is 2. The van der Waals surface area contributed by atoms with Gasteiger partial charge in [-0.05, 0) is 43.0 Å². The number of benzene rings is 3. The van der Waals surface area contributed by atoms with Crippen LogP contribution in [0.4, 0.5) is 15.8 Å². The fraction of sp³-hybridized carbons (Fsp3) is 0.192. The van der Waals surface area contributed by atoms with E-state index in [0.29, 0.717) is 24.0 Å². The number of ketones is 1. The molecule has 0 radical (unpaired) electrons. The molecule has 0 saturated heterocycles. The Morgan fingerprint density at radius 3 is 2.33 bits per heavy atom. The summed E-state index contributed by atoms with van der Waals surface area (Å²) in [5.41, 5.74) is 6.13. The summed E-state index contributed by atoms with van der Waals surface area (Å²) in [6.45, 7) is 2.06. The van der Waals surface area contributed by atoms with E-state index in [1.807, 2.05) is 30.3 Å². The van der Waals surface area contributed by atoms with Crippen LogP contribution < -0.4 is 10.6 Å². The topological polar surface area (TPSA) is 41.1 Å². The lowest BCUT2D eigenvalue weighted by molar-refractivity contribution is -0.116. The van der Waals surface area contributed by atoms with Crippen LogP contribution in [-0.4, -0.2) is 5.78 Å². The summed E-state index contributed by atoms with van der Waals surface area (Å²) in [6, 6.07) is 22.4. The number of hydrogen-bond donors (Lipinski definition) is 2. The molecule has 0 unspecified atom stereocenters. The summed E-state index contributed by atoms with van der Waals surface area (Å²) in [5, 5.41) is 6.92. The molecular weight excluding hydrogens is 375 g/mol. The highest BCUT2D eigenvalue weighted by molar-refractivity contribution is 6.01. The van der Waals surface area contributed by atoms with Gasteiger partial charge in [0, 0.05) is 23.3 Å². The molecule has 0 bridgehead atoms. The lowest BCUT2D eigenvalue weighted by Gasteiger charge is -2.30. The zero-order valence-corrected chi connectivity index (χ0v) is 16.8. The van der Waals surface area contributed by atoms with Gasteiger partial charge in [0.15, 0.2) is 5.78 Å². The number of halogens is 1. The minimum atomic E-state index is -0.524. The van der Waals surface area contributed by atoms with Crippen molar-refractivity contribution >= 4 is 17.2 Å². The Bertz CT molecular complexity index is 1150. The number of allylic oxidation sites excluding steroid dienone is 1. The van der Waals surface area contributed by atoms with E-state index in [-0.39, 0.29) is 17.5 Å². The number of anilines is 2. The predicted octanol–water partition coefficient (Wildman–Crippen LogP) is 6.11. The van der Waals surface area contributed by atoms with Gasteiger partial charge >= 0.3 is 0 Å². The maximum absolute atomic E-state index is 14.8. The van der Waals surface area contributed by atoms with E-state index in [2.05, 4.69) is 41.8 Å². The second-order valence-electron chi connectivity index (χ2n) is 8.10. The van der Waals surface area contributed by atoms with Crippen LogP contribution in [0.1, 0.15) is 41.5 Å². The molecule has 150 valence electrons. The van der Waals surface area contributed by atoms with Crippen molar-refractivity contribution in [2.75, 3.05) is 10.6 Å². The average Bonchev–Trinajstić information content (AvgIpc) is 2.91. The summed E-state index contributed by atoms with van der Waals surface area (Å²) < 4.78 is 14.8.